The van der Waals surface area contributed by atoms with Crippen molar-refractivity contribution in [1.29, 1.82) is 0 Å². The molecule has 0 saturated carbocycles. The van der Waals surface area contributed by atoms with Gasteiger partial charge in [-0.1, -0.05) is 105 Å². The largest absolute Gasteiger partial charge is 0.512 e. The Kier molecular flexibility index (Phi) is 13.0. The number of carbonyl (C=O) groups is 1. The molecule has 0 fully saturated rings. The Bertz CT molecular complexity index is 2210. The number of fused-ring (bicyclic) bond motifs is 5. The number of hydrogen-bond donors (Lipinski definition) is 1. The van der Waals surface area contributed by atoms with E-state index in [1.807, 2.05) is 59.1 Å². The second-order valence-electron chi connectivity index (χ2n) is 16.2. The minimum atomic E-state index is -0.337. The van der Waals surface area contributed by atoms with Crippen LogP contribution in [0, 0.1) is 22.8 Å². The molecule has 3 aromatic carbocycles. The first-order chi connectivity index (χ1) is 24.1. The Balaban J connectivity index is 0.000000289. The van der Waals surface area contributed by atoms with E-state index in [4.69, 9.17) is 9.40 Å². The van der Waals surface area contributed by atoms with Crippen molar-refractivity contribution in [3.05, 3.63) is 89.1 Å². The minimum Gasteiger partial charge on any atom is -0.512 e. The van der Waals surface area contributed by atoms with Crippen molar-refractivity contribution in [1.82, 2.24) is 4.98 Å². The zero-order valence-corrected chi connectivity index (χ0v) is 36.1. The molecule has 0 saturated heterocycles. The van der Waals surface area contributed by atoms with Crippen LogP contribution in [0.1, 0.15) is 113 Å². The fourth-order valence-electron chi connectivity index (χ4n) is 6.73. The number of aliphatic hydroxyl groups excluding tert-OH is 1. The quantitative estimate of drug-likeness (QED) is 0.0845. The Morgan fingerprint density at radius 3 is 2.15 bits per heavy atom. The first kappa shape index (κ1) is 41.4. The van der Waals surface area contributed by atoms with Crippen LogP contribution in [0.25, 0.3) is 54.1 Å². The summed E-state index contributed by atoms with van der Waals surface area (Å²) >= 11 is 1.83. The smallest absolute Gasteiger partial charge is 0.164 e. The van der Waals surface area contributed by atoms with E-state index in [-0.39, 0.29) is 47.9 Å². The number of allylic oxidation sites excluding steroid dienone is 2. The van der Waals surface area contributed by atoms with E-state index < -0.39 is 0 Å². The van der Waals surface area contributed by atoms with Crippen LogP contribution in [-0.2, 0) is 36.7 Å². The number of thiophene rings is 1. The fraction of sp³-hybridized carbons (Fsp3) is 0.435. The van der Waals surface area contributed by atoms with Gasteiger partial charge in [0, 0.05) is 64.4 Å². The van der Waals surface area contributed by atoms with Gasteiger partial charge in [0.05, 0.1) is 0 Å². The van der Waals surface area contributed by atoms with Crippen molar-refractivity contribution in [3.8, 4) is 11.3 Å². The maximum absolute atomic E-state index is 12.2. The second kappa shape index (κ2) is 16.4. The van der Waals surface area contributed by atoms with Crippen molar-refractivity contribution in [2.45, 2.75) is 114 Å². The van der Waals surface area contributed by atoms with E-state index in [0.29, 0.717) is 5.92 Å². The minimum absolute atomic E-state index is 0. The van der Waals surface area contributed by atoms with Crippen molar-refractivity contribution in [2.75, 3.05) is 0 Å². The van der Waals surface area contributed by atoms with Crippen LogP contribution >= 0.6 is 11.3 Å². The Hall–Kier alpha value is -3.31. The molecule has 0 aliphatic rings. The number of aliphatic hydroxyl groups is 1. The molecule has 0 unspecified atom stereocenters. The molecule has 0 aliphatic carbocycles. The van der Waals surface area contributed by atoms with Crippen LogP contribution in [0.15, 0.2) is 76.4 Å². The van der Waals surface area contributed by atoms with Crippen molar-refractivity contribution < 1.29 is 34.4 Å². The molecule has 52 heavy (non-hydrogen) atoms. The number of furan rings is 1. The van der Waals surface area contributed by atoms with Gasteiger partial charge in [0.25, 0.3) is 0 Å². The molecule has 3 aromatic heterocycles. The van der Waals surface area contributed by atoms with Gasteiger partial charge in [0.1, 0.15) is 16.9 Å². The van der Waals surface area contributed by atoms with E-state index in [9.17, 15) is 9.90 Å². The van der Waals surface area contributed by atoms with Gasteiger partial charge in [-0.15, -0.1) is 40.5 Å². The maximum Gasteiger partial charge on any atom is 0.164 e. The molecule has 0 atom stereocenters. The van der Waals surface area contributed by atoms with Gasteiger partial charge in [0.15, 0.2) is 5.78 Å². The third kappa shape index (κ3) is 8.25. The monoisotopic (exact) mass is 895 g/mol. The van der Waals surface area contributed by atoms with Crippen molar-refractivity contribution in [3.63, 3.8) is 0 Å². The third-order valence-corrected chi connectivity index (χ3v) is 12.2. The van der Waals surface area contributed by atoms with E-state index >= 15 is 0 Å². The summed E-state index contributed by atoms with van der Waals surface area (Å²) < 4.78 is 7.85. The molecular formula is C46H56IrNO3S-. The average molecular weight is 895 g/mol. The molecular weight excluding hydrogens is 839 g/mol. The number of ketones is 1. The standard InChI is InChI=1S/C31H28NOS.C15H28O2.Ir/c1-18(2)12-21-17-34-28-16-25-23-10-11-32-29(30(23)33-27(25)15-24(21)28)20-13-19-8-6-7-9-22(19)26(14-20)31(3,4)5;1-7-14(5,8-2)12(16)11-13(17)15(6,9-3)10-4;/h6-11,14-18H,12H2,1-5H3;11,16H,7-10H2,1-6H3;/q-1;;/b;12-11-;. The summed E-state index contributed by atoms with van der Waals surface area (Å²) in [4.78, 5) is 17.0. The maximum atomic E-state index is 12.2. The van der Waals surface area contributed by atoms with Gasteiger partial charge < -0.3 is 9.52 Å². The molecule has 0 bridgehead atoms. The van der Waals surface area contributed by atoms with Crippen LogP contribution < -0.4 is 0 Å². The predicted molar refractivity (Wildman–Crippen MR) is 219 cm³/mol. The van der Waals surface area contributed by atoms with Gasteiger partial charge in [0.2, 0.25) is 0 Å². The number of nitrogens with zero attached hydrogens (tertiary/aromatic N) is 1. The molecule has 1 radical (unpaired) electrons. The SMILES string of the molecule is CC(C)Cc1csc2cc3c(cc12)oc1c(-c2[c-]c4ccccc4c(C(C)(C)C)c2)nccc13.CCC(C)(CC)C(=O)/C=C(\O)C(C)(CC)CC.[Ir]. The molecule has 1 N–H and O–H groups in total. The molecule has 0 amide bonds. The summed E-state index contributed by atoms with van der Waals surface area (Å²) in [5.41, 5.74) is 5.71. The summed E-state index contributed by atoms with van der Waals surface area (Å²) in [6.45, 7) is 23.4. The topological polar surface area (TPSA) is 63.3 Å². The van der Waals surface area contributed by atoms with Crippen molar-refractivity contribution in [2.24, 2.45) is 16.7 Å². The van der Waals surface area contributed by atoms with Gasteiger partial charge in [-0.3, -0.25) is 9.78 Å². The molecule has 3 heterocycles. The van der Waals surface area contributed by atoms with E-state index in [1.54, 1.807) is 0 Å². The molecule has 4 nitrogen and oxygen atoms in total. The van der Waals surface area contributed by atoms with Gasteiger partial charge in [-0.25, -0.2) is 0 Å². The van der Waals surface area contributed by atoms with E-state index in [1.165, 1.54) is 32.7 Å². The summed E-state index contributed by atoms with van der Waals surface area (Å²) in [5, 5.41) is 18.4. The van der Waals surface area contributed by atoms with E-state index in [0.717, 1.165) is 70.7 Å². The third-order valence-electron chi connectivity index (χ3n) is 11.2. The number of aromatic nitrogens is 1. The Morgan fingerprint density at radius 1 is 0.885 bits per heavy atom. The first-order valence-electron chi connectivity index (χ1n) is 18.7. The molecule has 6 rings (SSSR count). The number of carbonyl (C=O) groups excluding carboxylic acids is 1. The normalized spacial score (nSPS) is 12.8. The van der Waals surface area contributed by atoms with Gasteiger partial charge in [-0.05, 0) is 78.0 Å². The summed E-state index contributed by atoms with van der Waals surface area (Å²) in [6, 6.07) is 21.0. The van der Waals surface area contributed by atoms with Crippen LogP contribution in [0.5, 0.6) is 0 Å². The number of hydrogen-bond acceptors (Lipinski definition) is 5. The summed E-state index contributed by atoms with van der Waals surface area (Å²) in [6.07, 6.45) is 7.74. The zero-order chi connectivity index (χ0) is 37.3. The molecule has 0 spiro atoms. The second-order valence-corrected chi connectivity index (χ2v) is 17.1. The Labute approximate surface area is 328 Å². The average Bonchev–Trinajstić information content (AvgIpc) is 3.68. The first-order valence-corrected chi connectivity index (χ1v) is 19.6. The Morgan fingerprint density at radius 2 is 1.54 bits per heavy atom. The zero-order valence-electron chi connectivity index (χ0n) is 32.9. The fourth-order valence-corrected chi connectivity index (χ4v) is 7.72. The summed E-state index contributed by atoms with van der Waals surface area (Å²) in [7, 11) is 0. The molecule has 279 valence electrons. The van der Waals surface area contributed by atoms with Gasteiger partial charge in [-0.2, -0.15) is 0 Å². The molecule has 6 heteroatoms. The van der Waals surface area contributed by atoms with Crippen LogP contribution in [0.3, 0.4) is 0 Å². The van der Waals surface area contributed by atoms with Gasteiger partial charge >= 0.3 is 0 Å². The van der Waals surface area contributed by atoms with Crippen LogP contribution in [0.4, 0.5) is 0 Å². The van der Waals surface area contributed by atoms with E-state index in [2.05, 4.69) is 94.6 Å². The predicted octanol–water partition coefficient (Wildman–Crippen LogP) is 14.0. The van der Waals surface area contributed by atoms with Crippen LogP contribution in [0.2, 0.25) is 0 Å². The van der Waals surface area contributed by atoms with Crippen LogP contribution in [-0.4, -0.2) is 15.9 Å². The molecule has 0 aliphatic heterocycles. The number of rotatable bonds is 10. The van der Waals surface area contributed by atoms with Crippen molar-refractivity contribution >= 4 is 59.9 Å². The molecule has 6 aromatic rings. The number of benzene rings is 3. The summed E-state index contributed by atoms with van der Waals surface area (Å²) in [5.74, 6) is 0.911. The number of pyridine rings is 1.